The number of hydrogen-bond acceptors (Lipinski definition) is 4. The summed E-state index contributed by atoms with van der Waals surface area (Å²) < 4.78 is 1.02. The molecule has 0 aliphatic heterocycles. The predicted molar refractivity (Wildman–Crippen MR) is 91.9 cm³/mol. The highest BCUT2D eigenvalue weighted by Crippen LogP contribution is 2.22. The molecule has 22 heavy (non-hydrogen) atoms. The molecule has 1 aromatic heterocycles. The Morgan fingerprint density at radius 2 is 1.95 bits per heavy atom. The van der Waals surface area contributed by atoms with E-state index in [0.717, 1.165) is 10.0 Å². The first kappa shape index (κ1) is 16.7. The highest BCUT2D eigenvalue weighted by Gasteiger charge is 2.13. The van der Waals surface area contributed by atoms with Crippen LogP contribution in [0.25, 0.3) is 0 Å². The Kier molecular flexibility index (Phi) is 5.70. The van der Waals surface area contributed by atoms with Gasteiger partial charge in [-0.15, -0.1) is 11.3 Å². The van der Waals surface area contributed by atoms with Crippen molar-refractivity contribution in [2.45, 2.75) is 6.54 Å². The van der Waals surface area contributed by atoms with Gasteiger partial charge in [0.1, 0.15) is 5.00 Å². The zero-order chi connectivity index (χ0) is 16.1. The second-order valence-electron chi connectivity index (χ2n) is 4.87. The van der Waals surface area contributed by atoms with E-state index in [1.165, 1.54) is 11.3 Å². The topological polar surface area (TPSA) is 75.4 Å². The van der Waals surface area contributed by atoms with Crippen LogP contribution in [0, 0.1) is 0 Å². The van der Waals surface area contributed by atoms with Gasteiger partial charge in [0.05, 0.1) is 12.1 Å². The van der Waals surface area contributed by atoms with Gasteiger partial charge in [0, 0.05) is 11.0 Å². The van der Waals surface area contributed by atoms with Crippen LogP contribution in [0.4, 0.5) is 5.00 Å². The summed E-state index contributed by atoms with van der Waals surface area (Å²) in [5.74, 6) is -0.718. The second-order valence-corrected chi connectivity index (χ2v) is 6.71. The van der Waals surface area contributed by atoms with Gasteiger partial charge in [-0.3, -0.25) is 14.5 Å². The molecule has 1 heterocycles. The molecule has 7 heteroatoms. The average Bonchev–Trinajstić information content (AvgIpc) is 2.89. The molecular weight excluding hydrogens is 366 g/mol. The summed E-state index contributed by atoms with van der Waals surface area (Å²) in [4.78, 5) is 25.2. The van der Waals surface area contributed by atoms with Crippen LogP contribution < -0.4 is 11.1 Å². The third-order valence-electron chi connectivity index (χ3n) is 2.96. The van der Waals surface area contributed by atoms with Gasteiger partial charge in [-0.05, 0) is 36.2 Å². The number of benzene rings is 1. The third kappa shape index (κ3) is 4.66. The Labute approximate surface area is 141 Å². The minimum Gasteiger partial charge on any atom is -0.366 e. The predicted octanol–water partition coefficient (Wildman–Crippen LogP) is 2.68. The summed E-state index contributed by atoms with van der Waals surface area (Å²) in [5.41, 5.74) is 6.71. The van der Waals surface area contributed by atoms with Gasteiger partial charge in [0.2, 0.25) is 5.91 Å². The monoisotopic (exact) mass is 381 g/mol. The lowest BCUT2D eigenvalue weighted by atomic mass is 10.2. The zero-order valence-electron chi connectivity index (χ0n) is 12.0. The van der Waals surface area contributed by atoms with E-state index in [-0.39, 0.29) is 12.5 Å². The van der Waals surface area contributed by atoms with Crippen LogP contribution in [0.15, 0.2) is 40.2 Å². The van der Waals surface area contributed by atoms with Crippen LogP contribution in [0.2, 0.25) is 0 Å². The molecule has 2 rings (SSSR count). The summed E-state index contributed by atoms with van der Waals surface area (Å²) >= 11 is 4.67. The van der Waals surface area contributed by atoms with Crippen LogP contribution in [-0.4, -0.2) is 30.3 Å². The Bertz CT molecular complexity index is 670. The number of nitrogens with one attached hydrogen (secondary N) is 1. The van der Waals surface area contributed by atoms with E-state index in [1.54, 1.807) is 11.4 Å². The molecule has 0 saturated heterocycles. The number of primary amides is 1. The average molecular weight is 382 g/mol. The first-order valence-electron chi connectivity index (χ1n) is 6.56. The van der Waals surface area contributed by atoms with Crippen LogP contribution in [0.1, 0.15) is 15.9 Å². The fourth-order valence-electron chi connectivity index (χ4n) is 1.97. The molecule has 2 aromatic rings. The summed E-state index contributed by atoms with van der Waals surface area (Å²) in [6.45, 7) is 0.889. The van der Waals surface area contributed by atoms with Gasteiger partial charge >= 0.3 is 0 Å². The number of anilines is 1. The first-order valence-corrected chi connectivity index (χ1v) is 8.23. The van der Waals surface area contributed by atoms with E-state index in [2.05, 4.69) is 21.2 Å². The Morgan fingerprint density at radius 1 is 1.27 bits per heavy atom. The summed E-state index contributed by atoms with van der Waals surface area (Å²) in [5, 5.41) is 4.95. The van der Waals surface area contributed by atoms with Gasteiger partial charge in [-0.25, -0.2) is 0 Å². The van der Waals surface area contributed by atoms with Crippen molar-refractivity contribution in [3.05, 3.63) is 51.3 Å². The number of amides is 2. The molecule has 0 spiro atoms. The van der Waals surface area contributed by atoms with E-state index in [9.17, 15) is 9.59 Å². The number of carbonyl (C=O) groups excluding carboxylic acids is 2. The minimum atomic E-state index is -0.542. The van der Waals surface area contributed by atoms with Crippen molar-refractivity contribution < 1.29 is 9.59 Å². The highest BCUT2D eigenvalue weighted by atomic mass is 79.9. The number of hydrogen-bond donors (Lipinski definition) is 2. The van der Waals surface area contributed by atoms with E-state index in [4.69, 9.17) is 5.73 Å². The first-order chi connectivity index (χ1) is 10.5. The normalized spacial score (nSPS) is 10.7. The van der Waals surface area contributed by atoms with Gasteiger partial charge in [0.15, 0.2) is 0 Å². The number of thiophene rings is 1. The maximum absolute atomic E-state index is 12.0. The number of carbonyl (C=O) groups is 2. The maximum Gasteiger partial charge on any atom is 0.251 e. The highest BCUT2D eigenvalue weighted by molar-refractivity contribution is 9.10. The summed E-state index contributed by atoms with van der Waals surface area (Å²) in [6, 6.07) is 9.54. The van der Waals surface area contributed by atoms with Crippen molar-refractivity contribution in [2.24, 2.45) is 5.73 Å². The van der Waals surface area contributed by atoms with Crippen molar-refractivity contribution in [1.82, 2.24) is 4.90 Å². The van der Waals surface area contributed by atoms with Crippen molar-refractivity contribution in [1.29, 1.82) is 0 Å². The molecule has 0 radical (unpaired) electrons. The zero-order valence-corrected chi connectivity index (χ0v) is 14.4. The Morgan fingerprint density at radius 3 is 2.59 bits per heavy atom. The second kappa shape index (κ2) is 7.53. The van der Waals surface area contributed by atoms with Crippen molar-refractivity contribution in [3.63, 3.8) is 0 Å². The lowest BCUT2D eigenvalue weighted by molar-refractivity contribution is -0.117. The van der Waals surface area contributed by atoms with Crippen LogP contribution in [-0.2, 0) is 11.3 Å². The number of likely N-dealkylation sites (N-methyl/N-ethyl adjacent to an activating group) is 1. The number of rotatable bonds is 6. The van der Waals surface area contributed by atoms with Crippen LogP contribution in [0.3, 0.4) is 0 Å². The van der Waals surface area contributed by atoms with Gasteiger partial charge in [0.25, 0.3) is 5.91 Å². The molecule has 0 aliphatic rings. The quantitative estimate of drug-likeness (QED) is 0.807. The van der Waals surface area contributed by atoms with Crippen molar-refractivity contribution in [2.75, 3.05) is 18.9 Å². The van der Waals surface area contributed by atoms with E-state index >= 15 is 0 Å². The molecule has 0 saturated carbocycles. The molecular formula is C15H16BrN3O2S. The third-order valence-corrected chi connectivity index (χ3v) is 4.32. The molecule has 2 amide bonds. The van der Waals surface area contributed by atoms with Gasteiger partial charge < -0.3 is 11.1 Å². The maximum atomic E-state index is 12.0. The smallest absolute Gasteiger partial charge is 0.251 e. The molecule has 0 aliphatic carbocycles. The largest absolute Gasteiger partial charge is 0.366 e. The lowest BCUT2D eigenvalue weighted by Crippen LogP contribution is -2.30. The summed E-state index contributed by atoms with van der Waals surface area (Å²) in [7, 11) is 1.87. The number of nitrogens with zero attached hydrogens (tertiary/aromatic N) is 1. The molecule has 1 aromatic carbocycles. The fourth-order valence-corrected chi connectivity index (χ4v) is 3.04. The molecule has 116 valence electrons. The Balaban J connectivity index is 1.89. The van der Waals surface area contributed by atoms with Gasteiger partial charge in [-0.2, -0.15) is 0 Å². The molecule has 3 N–H and O–H groups in total. The van der Waals surface area contributed by atoms with Crippen molar-refractivity contribution >= 4 is 44.1 Å². The van der Waals surface area contributed by atoms with Crippen LogP contribution >= 0.6 is 27.3 Å². The summed E-state index contributed by atoms with van der Waals surface area (Å²) in [6.07, 6.45) is 0. The molecule has 0 unspecified atom stereocenters. The fraction of sp³-hybridized carbons (Fsp3) is 0.200. The van der Waals surface area contributed by atoms with E-state index in [1.807, 2.05) is 36.2 Å². The van der Waals surface area contributed by atoms with Crippen molar-refractivity contribution in [3.8, 4) is 0 Å². The molecule has 5 nitrogen and oxygen atoms in total. The van der Waals surface area contributed by atoms with Crippen LogP contribution in [0.5, 0.6) is 0 Å². The van der Waals surface area contributed by atoms with Gasteiger partial charge in [-0.1, -0.05) is 28.1 Å². The SMILES string of the molecule is CN(CC(=O)Nc1sccc1C(N)=O)Cc1ccc(Br)cc1. The number of halogens is 1. The minimum absolute atomic E-state index is 0.176. The standard InChI is InChI=1S/C15H16BrN3O2S/c1-19(8-10-2-4-11(16)5-3-10)9-13(20)18-15-12(14(17)21)6-7-22-15/h2-7H,8-9H2,1H3,(H2,17,21)(H,18,20). The molecule has 0 bridgehead atoms. The lowest BCUT2D eigenvalue weighted by Gasteiger charge is -2.16. The number of nitrogens with two attached hydrogens (primary N) is 1. The van der Waals surface area contributed by atoms with E-state index < -0.39 is 5.91 Å². The van der Waals surface area contributed by atoms with E-state index in [0.29, 0.717) is 17.1 Å². The Hall–Kier alpha value is -1.70. The molecule has 0 fully saturated rings. The molecule has 0 atom stereocenters.